The Morgan fingerprint density at radius 3 is 2.70 bits per heavy atom. The lowest BCUT2D eigenvalue weighted by Gasteiger charge is -2.02. The molecule has 2 rings (SSSR count). The Labute approximate surface area is 131 Å². The van der Waals surface area contributed by atoms with E-state index in [2.05, 4.69) is 33.1 Å². The molecule has 0 atom stereocenters. The summed E-state index contributed by atoms with van der Waals surface area (Å²) in [7, 11) is 1.56. The summed E-state index contributed by atoms with van der Waals surface area (Å²) in [4.78, 5) is 11.9. The molecule has 102 valence electrons. The van der Waals surface area contributed by atoms with Gasteiger partial charge in [-0.2, -0.15) is 5.10 Å². The first-order valence-electron chi connectivity index (χ1n) is 5.92. The zero-order chi connectivity index (χ0) is 14.4. The Hall–Kier alpha value is -1.89. The largest absolute Gasteiger partial charge is 0.497 e. The smallest absolute Gasteiger partial charge is 0.271 e. The van der Waals surface area contributed by atoms with Gasteiger partial charge < -0.3 is 4.74 Å². The highest BCUT2D eigenvalue weighted by molar-refractivity contribution is 14.1. The molecule has 2 aromatic rings. The average molecular weight is 380 g/mol. The second-order valence-corrected chi connectivity index (χ2v) is 5.23. The van der Waals surface area contributed by atoms with Crippen LogP contribution in [0.5, 0.6) is 5.75 Å². The highest BCUT2D eigenvalue weighted by atomic mass is 127. The summed E-state index contributed by atoms with van der Waals surface area (Å²) >= 11 is 2.23. The van der Waals surface area contributed by atoms with E-state index < -0.39 is 0 Å². The van der Waals surface area contributed by atoms with Gasteiger partial charge in [-0.15, -0.1) is 0 Å². The van der Waals surface area contributed by atoms with Crippen molar-refractivity contribution in [1.82, 2.24) is 5.43 Å². The van der Waals surface area contributed by atoms with Crippen LogP contribution in [0, 0.1) is 3.57 Å². The highest BCUT2D eigenvalue weighted by Crippen LogP contribution is 2.12. The number of rotatable bonds is 4. The number of halogens is 1. The lowest BCUT2D eigenvalue weighted by atomic mass is 10.2. The minimum absolute atomic E-state index is 0.273. The molecular weight excluding hydrogens is 367 g/mol. The van der Waals surface area contributed by atoms with Crippen molar-refractivity contribution in [1.29, 1.82) is 0 Å². The van der Waals surface area contributed by atoms with Crippen molar-refractivity contribution < 1.29 is 9.53 Å². The van der Waals surface area contributed by atoms with Gasteiger partial charge in [-0.05, 0) is 58.5 Å². The summed E-state index contributed by atoms with van der Waals surface area (Å²) in [5.74, 6) is 0.366. The van der Waals surface area contributed by atoms with Gasteiger partial charge in [0, 0.05) is 9.13 Å². The van der Waals surface area contributed by atoms with E-state index >= 15 is 0 Å². The third-order valence-corrected chi connectivity index (χ3v) is 3.30. The Morgan fingerprint density at radius 1 is 1.25 bits per heavy atom. The molecule has 1 N–H and O–H groups in total. The number of benzene rings is 2. The lowest BCUT2D eigenvalue weighted by molar-refractivity contribution is 0.0955. The quantitative estimate of drug-likeness (QED) is 0.504. The molecule has 0 saturated heterocycles. The van der Waals surface area contributed by atoms with Gasteiger partial charge in [0.1, 0.15) is 5.75 Å². The fraction of sp³-hybridized carbons (Fsp3) is 0.0667. The number of hydrogen-bond acceptors (Lipinski definition) is 3. The summed E-state index contributed by atoms with van der Waals surface area (Å²) < 4.78 is 6.22. The van der Waals surface area contributed by atoms with Crippen molar-refractivity contribution in [3.05, 3.63) is 63.2 Å². The molecule has 0 saturated carbocycles. The summed E-state index contributed by atoms with van der Waals surface area (Å²) in [6, 6.07) is 14.7. The maximum atomic E-state index is 11.9. The van der Waals surface area contributed by atoms with Crippen LogP contribution >= 0.6 is 22.6 Å². The van der Waals surface area contributed by atoms with E-state index in [1.165, 1.54) is 0 Å². The number of carbonyl (C=O) groups excluding carboxylic acids is 1. The summed E-state index contributed by atoms with van der Waals surface area (Å²) in [6.07, 6.45) is 1.61. The second-order valence-electron chi connectivity index (χ2n) is 3.98. The maximum absolute atomic E-state index is 11.9. The van der Waals surface area contributed by atoms with E-state index in [-0.39, 0.29) is 5.91 Å². The molecule has 0 aliphatic rings. The van der Waals surface area contributed by atoms with Gasteiger partial charge in [0.25, 0.3) is 5.91 Å². The number of nitrogens with one attached hydrogen (secondary N) is 1. The Kier molecular flexibility index (Phi) is 5.11. The van der Waals surface area contributed by atoms with E-state index in [0.29, 0.717) is 11.3 Å². The minimum atomic E-state index is -0.273. The Balaban J connectivity index is 1.99. The monoisotopic (exact) mass is 380 g/mol. The molecule has 0 bridgehead atoms. The van der Waals surface area contributed by atoms with Crippen molar-refractivity contribution in [3.8, 4) is 5.75 Å². The Bertz CT molecular complexity index is 624. The van der Waals surface area contributed by atoms with Crippen LogP contribution in [0.2, 0.25) is 0 Å². The number of carbonyl (C=O) groups is 1. The maximum Gasteiger partial charge on any atom is 0.271 e. The molecule has 0 spiro atoms. The van der Waals surface area contributed by atoms with Crippen molar-refractivity contribution in [2.24, 2.45) is 5.10 Å². The van der Waals surface area contributed by atoms with Crippen LogP contribution in [0.1, 0.15) is 15.9 Å². The van der Waals surface area contributed by atoms with Gasteiger partial charge >= 0.3 is 0 Å². The lowest BCUT2D eigenvalue weighted by Crippen LogP contribution is -2.17. The zero-order valence-electron chi connectivity index (χ0n) is 10.8. The fourth-order valence-corrected chi connectivity index (χ4v) is 1.90. The van der Waals surface area contributed by atoms with Gasteiger partial charge in [0.05, 0.1) is 13.3 Å². The molecule has 0 radical (unpaired) electrons. The van der Waals surface area contributed by atoms with Crippen molar-refractivity contribution >= 4 is 34.7 Å². The van der Waals surface area contributed by atoms with E-state index in [9.17, 15) is 4.79 Å². The number of amides is 1. The zero-order valence-corrected chi connectivity index (χ0v) is 13.0. The van der Waals surface area contributed by atoms with Crippen LogP contribution in [0.3, 0.4) is 0 Å². The third-order valence-electron chi connectivity index (χ3n) is 2.58. The molecule has 0 unspecified atom stereocenters. The van der Waals surface area contributed by atoms with Crippen LogP contribution in [-0.4, -0.2) is 19.2 Å². The summed E-state index contributed by atoms with van der Waals surface area (Å²) in [5, 5.41) is 3.94. The van der Waals surface area contributed by atoms with Gasteiger partial charge in [0.2, 0.25) is 0 Å². The summed E-state index contributed by atoms with van der Waals surface area (Å²) in [5.41, 5.74) is 3.92. The Morgan fingerprint density at radius 2 is 2.00 bits per heavy atom. The van der Waals surface area contributed by atoms with Crippen LogP contribution in [0.4, 0.5) is 0 Å². The molecule has 0 aliphatic heterocycles. The number of methoxy groups -OCH3 is 1. The molecule has 0 aromatic heterocycles. The van der Waals surface area contributed by atoms with Crippen LogP contribution in [0.15, 0.2) is 53.6 Å². The SMILES string of the molecule is COc1cccc(C(=O)NN=Cc2ccc(I)cc2)c1. The predicted molar refractivity (Wildman–Crippen MR) is 87.2 cm³/mol. The number of hydrazone groups is 1. The molecule has 0 heterocycles. The van der Waals surface area contributed by atoms with Gasteiger partial charge in [-0.25, -0.2) is 5.43 Å². The van der Waals surface area contributed by atoms with E-state index in [4.69, 9.17) is 4.74 Å². The van der Waals surface area contributed by atoms with E-state index in [1.54, 1.807) is 37.6 Å². The average Bonchev–Trinajstić information content (AvgIpc) is 2.49. The molecule has 2 aromatic carbocycles. The van der Waals surface area contributed by atoms with Crippen LogP contribution in [-0.2, 0) is 0 Å². The summed E-state index contributed by atoms with van der Waals surface area (Å²) in [6.45, 7) is 0. The van der Waals surface area contributed by atoms with Crippen molar-refractivity contribution in [2.45, 2.75) is 0 Å². The van der Waals surface area contributed by atoms with E-state index in [1.807, 2.05) is 24.3 Å². The number of nitrogens with zero attached hydrogens (tertiary/aromatic N) is 1. The third kappa shape index (κ3) is 4.06. The highest BCUT2D eigenvalue weighted by Gasteiger charge is 2.04. The van der Waals surface area contributed by atoms with Crippen LogP contribution in [0.25, 0.3) is 0 Å². The molecular formula is C15H13IN2O2. The van der Waals surface area contributed by atoms with Crippen molar-refractivity contribution in [3.63, 3.8) is 0 Å². The molecule has 0 aliphatic carbocycles. The first kappa shape index (κ1) is 14.5. The first-order valence-corrected chi connectivity index (χ1v) is 7.00. The predicted octanol–water partition coefficient (Wildman–Crippen LogP) is 3.06. The first-order chi connectivity index (χ1) is 9.69. The van der Waals surface area contributed by atoms with E-state index in [0.717, 1.165) is 9.13 Å². The molecule has 4 nitrogen and oxygen atoms in total. The van der Waals surface area contributed by atoms with Crippen LogP contribution < -0.4 is 10.2 Å². The standard InChI is InChI=1S/C15H13IN2O2/c1-20-14-4-2-3-12(9-14)15(19)18-17-10-11-5-7-13(16)8-6-11/h2-10H,1H3,(H,18,19). The topological polar surface area (TPSA) is 50.7 Å². The van der Waals surface area contributed by atoms with Crippen molar-refractivity contribution in [2.75, 3.05) is 7.11 Å². The number of hydrogen-bond donors (Lipinski definition) is 1. The van der Waals surface area contributed by atoms with Gasteiger partial charge in [0.15, 0.2) is 0 Å². The number of ether oxygens (including phenoxy) is 1. The molecule has 20 heavy (non-hydrogen) atoms. The normalized spacial score (nSPS) is 10.5. The molecule has 1 amide bonds. The molecule has 0 fully saturated rings. The fourth-order valence-electron chi connectivity index (χ4n) is 1.54. The minimum Gasteiger partial charge on any atom is -0.497 e. The van der Waals surface area contributed by atoms with Gasteiger partial charge in [-0.3, -0.25) is 4.79 Å². The second kappa shape index (κ2) is 7.04. The molecule has 5 heteroatoms. The van der Waals surface area contributed by atoms with Gasteiger partial charge in [-0.1, -0.05) is 18.2 Å².